The van der Waals surface area contributed by atoms with Crippen LogP contribution in [-0.4, -0.2) is 24.0 Å². The summed E-state index contributed by atoms with van der Waals surface area (Å²) in [6.45, 7) is 4.59. The number of nitrogens with one attached hydrogen (secondary N) is 1. The van der Waals surface area contributed by atoms with E-state index in [4.69, 9.17) is 9.15 Å². The number of aromatic nitrogens is 1. The highest BCUT2D eigenvalue weighted by atomic mass is 16.5. The maximum atomic E-state index is 12.0. The summed E-state index contributed by atoms with van der Waals surface area (Å²) >= 11 is 0. The van der Waals surface area contributed by atoms with Gasteiger partial charge in [0.15, 0.2) is 6.61 Å². The van der Waals surface area contributed by atoms with Crippen molar-refractivity contribution in [1.29, 1.82) is 0 Å². The van der Waals surface area contributed by atoms with Gasteiger partial charge in [-0.15, -0.1) is 0 Å². The first-order valence-electron chi connectivity index (χ1n) is 9.14. The Labute approximate surface area is 159 Å². The van der Waals surface area contributed by atoms with E-state index in [0.717, 1.165) is 29.0 Å². The number of amides is 1. The Bertz CT molecular complexity index is 885. The number of hydrogen-bond donors (Lipinski definition) is 1. The fraction of sp³-hybridized carbons (Fsp3) is 0.273. The van der Waals surface area contributed by atoms with Crippen molar-refractivity contribution >= 4 is 5.91 Å². The lowest BCUT2D eigenvalue weighted by molar-refractivity contribution is -0.123. The number of carbonyl (C=O) groups is 1. The molecule has 0 atom stereocenters. The minimum atomic E-state index is -0.150. The second-order valence-electron chi connectivity index (χ2n) is 6.36. The van der Waals surface area contributed by atoms with Gasteiger partial charge < -0.3 is 14.5 Å². The number of nitrogens with zero attached hydrogens (tertiary/aromatic N) is 1. The fourth-order valence-electron chi connectivity index (χ4n) is 2.71. The van der Waals surface area contributed by atoms with Crippen LogP contribution >= 0.6 is 0 Å². The molecule has 2 aromatic carbocycles. The SMILES string of the molecule is CCc1ccccc1OCC(=O)NCCc1coc(-c2ccc(C)cc2)n1. The van der Waals surface area contributed by atoms with Gasteiger partial charge in [-0.05, 0) is 37.1 Å². The average molecular weight is 364 g/mol. The second kappa shape index (κ2) is 9.03. The number of para-hydroxylation sites is 1. The van der Waals surface area contributed by atoms with E-state index in [2.05, 4.69) is 17.2 Å². The molecule has 3 aromatic rings. The molecule has 0 radical (unpaired) electrons. The number of benzene rings is 2. The van der Waals surface area contributed by atoms with Gasteiger partial charge in [0.25, 0.3) is 5.91 Å². The molecule has 0 fully saturated rings. The quantitative estimate of drug-likeness (QED) is 0.657. The fourth-order valence-corrected chi connectivity index (χ4v) is 2.71. The van der Waals surface area contributed by atoms with Crippen molar-refractivity contribution in [3.05, 3.63) is 71.6 Å². The molecule has 0 spiro atoms. The Morgan fingerprint density at radius 3 is 2.70 bits per heavy atom. The molecule has 27 heavy (non-hydrogen) atoms. The molecule has 0 saturated heterocycles. The third-order valence-electron chi connectivity index (χ3n) is 4.27. The predicted molar refractivity (Wildman–Crippen MR) is 105 cm³/mol. The van der Waals surface area contributed by atoms with Gasteiger partial charge in [0.05, 0.1) is 5.69 Å². The topological polar surface area (TPSA) is 64.4 Å². The van der Waals surface area contributed by atoms with Gasteiger partial charge in [0.2, 0.25) is 5.89 Å². The van der Waals surface area contributed by atoms with Crippen LogP contribution in [0.25, 0.3) is 11.5 Å². The maximum Gasteiger partial charge on any atom is 0.257 e. The van der Waals surface area contributed by atoms with Crippen molar-refractivity contribution in [3.8, 4) is 17.2 Å². The zero-order chi connectivity index (χ0) is 19.1. The van der Waals surface area contributed by atoms with Gasteiger partial charge in [-0.25, -0.2) is 4.98 Å². The van der Waals surface area contributed by atoms with Gasteiger partial charge in [0, 0.05) is 18.5 Å². The summed E-state index contributed by atoms with van der Waals surface area (Å²) in [7, 11) is 0. The summed E-state index contributed by atoms with van der Waals surface area (Å²) in [5.41, 5.74) is 4.04. The monoisotopic (exact) mass is 364 g/mol. The van der Waals surface area contributed by atoms with E-state index in [1.165, 1.54) is 5.56 Å². The van der Waals surface area contributed by atoms with Crippen LogP contribution < -0.4 is 10.1 Å². The molecular weight excluding hydrogens is 340 g/mol. The third-order valence-corrected chi connectivity index (χ3v) is 4.27. The average Bonchev–Trinajstić information content (AvgIpc) is 3.16. The third kappa shape index (κ3) is 5.20. The summed E-state index contributed by atoms with van der Waals surface area (Å²) in [6, 6.07) is 15.8. The van der Waals surface area contributed by atoms with Crippen molar-refractivity contribution in [3.63, 3.8) is 0 Å². The molecule has 0 saturated carbocycles. The zero-order valence-electron chi connectivity index (χ0n) is 15.7. The molecule has 140 valence electrons. The van der Waals surface area contributed by atoms with E-state index < -0.39 is 0 Å². The van der Waals surface area contributed by atoms with Crippen molar-refractivity contribution in [2.75, 3.05) is 13.2 Å². The van der Waals surface area contributed by atoms with Crippen LogP contribution in [-0.2, 0) is 17.6 Å². The van der Waals surface area contributed by atoms with Crippen LogP contribution in [0.3, 0.4) is 0 Å². The van der Waals surface area contributed by atoms with Crippen LogP contribution in [0, 0.1) is 6.92 Å². The number of oxazole rings is 1. The molecule has 3 rings (SSSR count). The van der Waals surface area contributed by atoms with E-state index in [9.17, 15) is 4.79 Å². The van der Waals surface area contributed by atoms with Crippen molar-refractivity contribution < 1.29 is 13.9 Å². The van der Waals surface area contributed by atoms with Crippen molar-refractivity contribution in [2.45, 2.75) is 26.7 Å². The number of ether oxygens (including phenoxy) is 1. The first-order chi connectivity index (χ1) is 13.2. The van der Waals surface area contributed by atoms with E-state index in [1.807, 2.05) is 55.5 Å². The Balaban J connectivity index is 1.44. The van der Waals surface area contributed by atoms with Crippen LogP contribution in [0.1, 0.15) is 23.7 Å². The molecular formula is C22H24N2O3. The van der Waals surface area contributed by atoms with Crippen LogP contribution in [0.2, 0.25) is 0 Å². The number of hydrogen-bond acceptors (Lipinski definition) is 4. The van der Waals surface area contributed by atoms with E-state index in [0.29, 0.717) is 18.9 Å². The van der Waals surface area contributed by atoms with Gasteiger partial charge in [0.1, 0.15) is 12.0 Å². The summed E-state index contributed by atoms with van der Waals surface area (Å²) in [5, 5.41) is 2.85. The number of rotatable bonds is 8. The van der Waals surface area contributed by atoms with Gasteiger partial charge in [-0.3, -0.25) is 4.79 Å². The smallest absolute Gasteiger partial charge is 0.257 e. The Hall–Kier alpha value is -3.08. The highest BCUT2D eigenvalue weighted by molar-refractivity contribution is 5.77. The van der Waals surface area contributed by atoms with Crippen LogP contribution in [0.4, 0.5) is 0 Å². The van der Waals surface area contributed by atoms with E-state index in [-0.39, 0.29) is 12.5 Å². The molecule has 0 aliphatic heterocycles. The maximum absolute atomic E-state index is 12.0. The Morgan fingerprint density at radius 2 is 1.93 bits per heavy atom. The molecule has 0 bridgehead atoms. The second-order valence-corrected chi connectivity index (χ2v) is 6.36. The largest absolute Gasteiger partial charge is 0.483 e. The summed E-state index contributed by atoms with van der Waals surface area (Å²) < 4.78 is 11.1. The number of carbonyl (C=O) groups excluding carboxylic acids is 1. The molecule has 1 N–H and O–H groups in total. The lowest BCUT2D eigenvalue weighted by Gasteiger charge is -2.10. The molecule has 1 aromatic heterocycles. The molecule has 1 heterocycles. The van der Waals surface area contributed by atoms with Crippen LogP contribution in [0.5, 0.6) is 5.75 Å². The Morgan fingerprint density at radius 1 is 1.15 bits per heavy atom. The lowest BCUT2D eigenvalue weighted by atomic mass is 10.1. The molecule has 0 aliphatic rings. The minimum absolute atomic E-state index is 0.00441. The van der Waals surface area contributed by atoms with Crippen molar-refractivity contribution in [1.82, 2.24) is 10.3 Å². The molecule has 0 unspecified atom stereocenters. The highest BCUT2D eigenvalue weighted by Crippen LogP contribution is 2.19. The normalized spacial score (nSPS) is 10.6. The van der Waals surface area contributed by atoms with Crippen molar-refractivity contribution in [2.24, 2.45) is 0 Å². The summed E-state index contributed by atoms with van der Waals surface area (Å²) in [5.74, 6) is 1.20. The predicted octanol–water partition coefficient (Wildman–Crippen LogP) is 3.95. The standard InChI is InChI=1S/C22H24N2O3/c1-3-17-6-4-5-7-20(17)26-15-21(25)23-13-12-19-14-27-22(24-19)18-10-8-16(2)9-11-18/h4-11,14H,3,12-13,15H2,1-2H3,(H,23,25). The lowest BCUT2D eigenvalue weighted by Crippen LogP contribution is -2.30. The molecule has 5 nitrogen and oxygen atoms in total. The first kappa shape index (κ1) is 18.7. The molecule has 1 amide bonds. The summed E-state index contributed by atoms with van der Waals surface area (Å²) in [4.78, 5) is 16.5. The summed E-state index contributed by atoms with van der Waals surface area (Å²) in [6.07, 6.45) is 3.11. The minimum Gasteiger partial charge on any atom is -0.483 e. The van der Waals surface area contributed by atoms with E-state index >= 15 is 0 Å². The Kier molecular flexibility index (Phi) is 6.26. The molecule has 0 aliphatic carbocycles. The number of aryl methyl sites for hydroxylation is 2. The highest BCUT2D eigenvalue weighted by Gasteiger charge is 2.08. The van der Waals surface area contributed by atoms with Gasteiger partial charge in [-0.2, -0.15) is 0 Å². The zero-order valence-corrected chi connectivity index (χ0v) is 15.7. The molecule has 5 heteroatoms. The van der Waals surface area contributed by atoms with Gasteiger partial charge >= 0.3 is 0 Å². The van der Waals surface area contributed by atoms with E-state index in [1.54, 1.807) is 6.26 Å². The van der Waals surface area contributed by atoms with Crippen LogP contribution in [0.15, 0.2) is 59.2 Å². The first-order valence-corrected chi connectivity index (χ1v) is 9.14. The van der Waals surface area contributed by atoms with Gasteiger partial charge in [-0.1, -0.05) is 42.8 Å².